The average molecular weight is 390 g/mol. The summed E-state index contributed by atoms with van der Waals surface area (Å²) in [7, 11) is -2.56. The first kappa shape index (κ1) is 20.4. The van der Waals surface area contributed by atoms with Crippen molar-refractivity contribution < 1.29 is 23.1 Å². The third kappa shape index (κ3) is 4.46. The molecule has 2 aromatic carbocycles. The Morgan fingerprint density at radius 1 is 1.11 bits per heavy atom. The maximum Gasteiger partial charge on any atom is 0.326 e. The highest BCUT2D eigenvalue weighted by Gasteiger charge is 2.26. The molecule has 0 radical (unpaired) electrons. The fourth-order valence-corrected chi connectivity index (χ4v) is 3.90. The summed E-state index contributed by atoms with van der Waals surface area (Å²) >= 11 is 0. The smallest absolute Gasteiger partial charge is 0.326 e. The van der Waals surface area contributed by atoms with Crippen LogP contribution >= 0.6 is 0 Å². The zero-order valence-electron chi connectivity index (χ0n) is 15.6. The number of amides is 1. The lowest BCUT2D eigenvalue weighted by molar-refractivity contribution is -0.141. The molecular formula is C19H22N2O5S. The molecule has 0 bridgehead atoms. The van der Waals surface area contributed by atoms with Gasteiger partial charge in [0, 0.05) is 7.05 Å². The van der Waals surface area contributed by atoms with Crippen LogP contribution in [-0.2, 0) is 14.8 Å². The summed E-state index contributed by atoms with van der Waals surface area (Å²) in [6.07, 6.45) is 0. The minimum Gasteiger partial charge on any atom is -0.480 e. The predicted octanol–water partition coefficient (Wildman–Crippen LogP) is 2.65. The van der Waals surface area contributed by atoms with Crippen molar-refractivity contribution in [3.05, 3.63) is 59.2 Å². The normalized spacial score (nSPS) is 12.3. The standard InChI is InChI=1S/C19H22N2O5S/c1-12-9-10-13(2)17(11-12)27(25,26)20-16-8-6-5-7-15(16)18(22)21(4)14(3)19(23)24/h5-11,14,20H,1-4H3,(H,23,24). The molecule has 0 aliphatic carbocycles. The summed E-state index contributed by atoms with van der Waals surface area (Å²) < 4.78 is 28.1. The molecule has 0 fully saturated rings. The van der Waals surface area contributed by atoms with Crippen molar-refractivity contribution in [1.29, 1.82) is 0 Å². The van der Waals surface area contributed by atoms with Gasteiger partial charge in [0.2, 0.25) is 0 Å². The molecule has 0 spiro atoms. The molecule has 1 amide bonds. The van der Waals surface area contributed by atoms with Gasteiger partial charge in [-0.3, -0.25) is 9.52 Å². The lowest BCUT2D eigenvalue weighted by Crippen LogP contribution is -2.40. The molecule has 2 N–H and O–H groups in total. The fraction of sp³-hybridized carbons (Fsp3) is 0.263. The minimum atomic E-state index is -3.92. The van der Waals surface area contributed by atoms with Gasteiger partial charge < -0.3 is 10.0 Å². The number of hydrogen-bond acceptors (Lipinski definition) is 4. The van der Waals surface area contributed by atoms with E-state index in [0.717, 1.165) is 10.5 Å². The van der Waals surface area contributed by atoms with Crippen molar-refractivity contribution >= 4 is 27.6 Å². The number of anilines is 1. The number of nitrogens with zero attached hydrogens (tertiary/aromatic N) is 1. The second-order valence-corrected chi connectivity index (χ2v) is 8.00. The van der Waals surface area contributed by atoms with Gasteiger partial charge in [0.05, 0.1) is 16.1 Å². The van der Waals surface area contributed by atoms with Gasteiger partial charge in [-0.1, -0.05) is 24.3 Å². The van der Waals surface area contributed by atoms with Crippen molar-refractivity contribution in [3.63, 3.8) is 0 Å². The number of benzene rings is 2. The molecular weight excluding hydrogens is 368 g/mol. The topological polar surface area (TPSA) is 104 Å². The Kier molecular flexibility index (Phi) is 5.90. The predicted molar refractivity (Wildman–Crippen MR) is 102 cm³/mol. The molecule has 0 saturated heterocycles. The van der Waals surface area contributed by atoms with Crippen LogP contribution in [0.15, 0.2) is 47.4 Å². The average Bonchev–Trinajstić information content (AvgIpc) is 2.61. The number of carboxylic acids is 1. The summed E-state index contributed by atoms with van der Waals surface area (Å²) in [5.74, 6) is -1.75. The molecule has 8 heteroatoms. The summed E-state index contributed by atoms with van der Waals surface area (Å²) in [6.45, 7) is 4.86. The van der Waals surface area contributed by atoms with Crippen molar-refractivity contribution in [2.45, 2.75) is 31.7 Å². The number of aliphatic carboxylic acids is 1. The van der Waals surface area contributed by atoms with Gasteiger partial charge in [-0.05, 0) is 50.1 Å². The Balaban J connectivity index is 2.42. The zero-order valence-corrected chi connectivity index (χ0v) is 16.4. The summed E-state index contributed by atoms with van der Waals surface area (Å²) in [6, 6.07) is 10.1. The van der Waals surface area contributed by atoms with Crippen LogP contribution in [0.1, 0.15) is 28.4 Å². The number of likely N-dealkylation sites (N-methyl/N-ethyl adjacent to an activating group) is 1. The van der Waals surface area contributed by atoms with Crippen LogP contribution in [0.4, 0.5) is 5.69 Å². The van der Waals surface area contributed by atoms with Crippen molar-refractivity contribution in [3.8, 4) is 0 Å². The van der Waals surface area contributed by atoms with E-state index in [-0.39, 0.29) is 16.1 Å². The van der Waals surface area contributed by atoms with E-state index in [1.165, 1.54) is 26.1 Å². The first-order valence-electron chi connectivity index (χ1n) is 8.23. The van der Waals surface area contributed by atoms with Gasteiger partial charge in [0.1, 0.15) is 6.04 Å². The molecule has 27 heavy (non-hydrogen) atoms. The number of para-hydroxylation sites is 1. The summed E-state index contributed by atoms with van der Waals surface area (Å²) in [5.41, 5.74) is 1.53. The van der Waals surface area contributed by atoms with Gasteiger partial charge in [-0.15, -0.1) is 0 Å². The van der Waals surface area contributed by atoms with E-state index in [9.17, 15) is 18.0 Å². The molecule has 0 aliphatic heterocycles. The molecule has 0 saturated carbocycles. The van der Waals surface area contributed by atoms with Crippen LogP contribution in [0.25, 0.3) is 0 Å². The van der Waals surface area contributed by atoms with Gasteiger partial charge in [-0.25, -0.2) is 13.2 Å². The Bertz CT molecular complexity index is 985. The molecule has 0 aromatic heterocycles. The number of sulfonamides is 1. The van der Waals surface area contributed by atoms with Crippen LogP contribution in [0, 0.1) is 13.8 Å². The number of hydrogen-bond donors (Lipinski definition) is 2. The zero-order chi connectivity index (χ0) is 20.4. The van der Waals surface area contributed by atoms with Crippen molar-refractivity contribution in [2.75, 3.05) is 11.8 Å². The molecule has 1 atom stereocenters. The molecule has 144 valence electrons. The maximum absolute atomic E-state index is 12.8. The Morgan fingerprint density at radius 3 is 2.37 bits per heavy atom. The fourth-order valence-electron chi connectivity index (χ4n) is 2.49. The Hall–Kier alpha value is -2.87. The third-order valence-corrected chi connectivity index (χ3v) is 5.80. The lowest BCUT2D eigenvalue weighted by atomic mass is 10.1. The highest BCUT2D eigenvalue weighted by atomic mass is 32.2. The second-order valence-electron chi connectivity index (χ2n) is 6.35. The lowest BCUT2D eigenvalue weighted by Gasteiger charge is -2.23. The van der Waals surface area contributed by atoms with Crippen LogP contribution < -0.4 is 4.72 Å². The number of aryl methyl sites for hydroxylation is 2. The van der Waals surface area contributed by atoms with Crippen LogP contribution in [-0.4, -0.2) is 43.4 Å². The molecule has 0 heterocycles. The number of carbonyl (C=O) groups excluding carboxylic acids is 1. The Morgan fingerprint density at radius 2 is 1.74 bits per heavy atom. The summed E-state index contributed by atoms with van der Waals surface area (Å²) in [4.78, 5) is 25.0. The van der Waals surface area contributed by atoms with E-state index in [1.807, 2.05) is 6.07 Å². The first-order valence-corrected chi connectivity index (χ1v) is 9.72. The van der Waals surface area contributed by atoms with Crippen LogP contribution in [0.2, 0.25) is 0 Å². The van der Waals surface area contributed by atoms with Crippen molar-refractivity contribution in [2.24, 2.45) is 0 Å². The number of rotatable bonds is 6. The third-order valence-electron chi connectivity index (χ3n) is 4.29. The first-order chi connectivity index (χ1) is 12.5. The molecule has 7 nitrogen and oxygen atoms in total. The van der Waals surface area contributed by atoms with E-state index in [1.54, 1.807) is 38.1 Å². The number of nitrogens with one attached hydrogen (secondary N) is 1. The van der Waals surface area contributed by atoms with Gasteiger partial charge in [0.15, 0.2) is 0 Å². The molecule has 0 aliphatic rings. The van der Waals surface area contributed by atoms with Gasteiger partial charge >= 0.3 is 5.97 Å². The van der Waals surface area contributed by atoms with E-state index in [2.05, 4.69) is 4.72 Å². The number of carboxylic acid groups (broad SMARTS) is 1. The van der Waals surface area contributed by atoms with Crippen molar-refractivity contribution in [1.82, 2.24) is 4.90 Å². The highest BCUT2D eigenvalue weighted by molar-refractivity contribution is 7.92. The Labute approximate surface area is 158 Å². The molecule has 1 unspecified atom stereocenters. The molecule has 2 rings (SSSR count). The quantitative estimate of drug-likeness (QED) is 0.789. The highest BCUT2D eigenvalue weighted by Crippen LogP contribution is 2.24. The minimum absolute atomic E-state index is 0.0713. The summed E-state index contributed by atoms with van der Waals surface area (Å²) in [5, 5.41) is 9.10. The monoisotopic (exact) mass is 390 g/mol. The second kappa shape index (κ2) is 7.79. The maximum atomic E-state index is 12.8. The van der Waals surface area contributed by atoms with E-state index in [4.69, 9.17) is 5.11 Å². The van der Waals surface area contributed by atoms with E-state index >= 15 is 0 Å². The van der Waals surface area contributed by atoms with Gasteiger partial charge in [0.25, 0.3) is 15.9 Å². The number of carbonyl (C=O) groups is 2. The van der Waals surface area contributed by atoms with Crippen LogP contribution in [0.5, 0.6) is 0 Å². The van der Waals surface area contributed by atoms with Gasteiger partial charge in [-0.2, -0.15) is 0 Å². The van der Waals surface area contributed by atoms with Crippen LogP contribution in [0.3, 0.4) is 0 Å². The van der Waals surface area contributed by atoms with E-state index in [0.29, 0.717) is 5.56 Å². The SMILES string of the molecule is Cc1ccc(C)c(S(=O)(=O)Nc2ccccc2C(=O)N(C)C(C)C(=O)O)c1. The molecule has 2 aromatic rings. The van der Waals surface area contributed by atoms with E-state index < -0.39 is 27.9 Å². The largest absolute Gasteiger partial charge is 0.480 e.